The molecular formula is C24H27ClN2O. The number of benzene rings is 2. The summed E-state index contributed by atoms with van der Waals surface area (Å²) in [6, 6.07) is 16.3. The molecule has 2 unspecified atom stereocenters. The SMILES string of the molecule is Cc1ccc(C23CC4CC(CC(NC(=O)Nc5ccc(Cl)cc5)(C4)C2)C3)cc1. The van der Waals surface area contributed by atoms with Crippen molar-refractivity contribution >= 4 is 23.3 Å². The Morgan fingerprint density at radius 2 is 1.61 bits per heavy atom. The van der Waals surface area contributed by atoms with Crippen molar-refractivity contribution in [3.05, 3.63) is 64.7 Å². The summed E-state index contributed by atoms with van der Waals surface area (Å²) in [5, 5.41) is 7.08. The molecule has 4 saturated carbocycles. The van der Waals surface area contributed by atoms with E-state index in [2.05, 4.69) is 41.8 Å². The number of urea groups is 1. The molecule has 4 bridgehead atoms. The van der Waals surface area contributed by atoms with E-state index in [-0.39, 0.29) is 17.0 Å². The second-order valence-corrected chi connectivity index (χ2v) is 9.91. The number of hydrogen-bond donors (Lipinski definition) is 2. The Bertz CT molecular complexity index is 876. The molecule has 0 saturated heterocycles. The van der Waals surface area contributed by atoms with Crippen LogP contribution in [-0.2, 0) is 5.41 Å². The molecule has 2 N–H and O–H groups in total. The zero-order valence-corrected chi connectivity index (χ0v) is 17.1. The third kappa shape index (κ3) is 3.20. The first-order valence-corrected chi connectivity index (χ1v) is 10.7. The van der Waals surface area contributed by atoms with E-state index >= 15 is 0 Å². The van der Waals surface area contributed by atoms with Crippen LogP contribution in [-0.4, -0.2) is 11.6 Å². The molecule has 0 spiro atoms. The molecule has 2 aromatic carbocycles. The topological polar surface area (TPSA) is 41.1 Å². The zero-order valence-electron chi connectivity index (χ0n) is 16.3. The molecule has 0 aliphatic heterocycles. The van der Waals surface area contributed by atoms with Gasteiger partial charge in [-0.25, -0.2) is 4.79 Å². The van der Waals surface area contributed by atoms with E-state index in [0.29, 0.717) is 5.02 Å². The molecule has 28 heavy (non-hydrogen) atoms. The highest BCUT2D eigenvalue weighted by Gasteiger charge is 2.58. The van der Waals surface area contributed by atoms with Crippen LogP contribution in [0.1, 0.15) is 49.7 Å². The summed E-state index contributed by atoms with van der Waals surface area (Å²) >= 11 is 5.95. The first kappa shape index (κ1) is 18.1. The molecule has 3 nitrogen and oxygen atoms in total. The number of amides is 2. The molecule has 6 rings (SSSR count). The Hall–Kier alpha value is -2.00. The van der Waals surface area contributed by atoms with Gasteiger partial charge in [-0.2, -0.15) is 0 Å². The van der Waals surface area contributed by atoms with Crippen LogP contribution in [0.4, 0.5) is 10.5 Å². The maximum Gasteiger partial charge on any atom is 0.319 e. The number of hydrogen-bond acceptors (Lipinski definition) is 1. The monoisotopic (exact) mass is 394 g/mol. The van der Waals surface area contributed by atoms with Gasteiger partial charge in [0.15, 0.2) is 0 Å². The Morgan fingerprint density at radius 3 is 2.25 bits per heavy atom. The van der Waals surface area contributed by atoms with Gasteiger partial charge in [0.1, 0.15) is 0 Å². The van der Waals surface area contributed by atoms with Gasteiger partial charge in [0, 0.05) is 16.2 Å². The number of rotatable bonds is 3. The number of nitrogens with one attached hydrogen (secondary N) is 2. The van der Waals surface area contributed by atoms with Crippen molar-refractivity contribution in [3.8, 4) is 0 Å². The van der Waals surface area contributed by atoms with E-state index in [1.807, 2.05) is 12.1 Å². The summed E-state index contributed by atoms with van der Waals surface area (Å²) in [6.45, 7) is 2.15. The lowest BCUT2D eigenvalue weighted by Gasteiger charge is -2.62. The summed E-state index contributed by atoms with van der Waals surface area (Å²) < 4.78 is 0. The fourth-order valence-corrected chi connectivity index (χ4v) is 6.72. The van der Waals surface area contributed by atoms with Crippen LogP contribution < -0.4 is 10.6 Å². The smallest absolute Gasteiger partial charge is 0.319 e. The highest BCUT2D eigenvalue weighted by molar-refractivity contribution is 6.30. The van der Waals surface area contributed by atoms with Gasteiger partial charge in [-0.15, -0.1) is 0 Å². The van der Waals surface area contributed by atoms with Crippen molar-refractivity contribution in [1.29, 1.82) is 0 Å². The van der Waals surface area contributed by atoms with Crippen molar-refractivity contribution in [3.63, 3.8) is 0 Å². The van der Waals surface area contributed by atoms with Crippen LogP contribution in [0.2, 0.25) is 5.02 Å². The van der Waals surface area contributed by atoms with Crippen molar-refractivity contribution in [2.24, 2.45) is 11.8 Å². The summed E-state index contributed by atoms with van der Waals surface area (Å²) in [5.41, 5.74) is 3.71. The summed E-state index contributed by atoms with van der Waals surface area (Å²) in [4.78, 5) is 12.8. The quantitative estimate of drug-likeness (QED) is 0.652. The van der Waals surface area contributed by atoms with Gasteiger partial charge in [-0.1, -0.05) is 41.4 Å². The standard InChI is InChI=1S/C24H27ClN2O/c1-16-2-4-19(5-3-16)23-11-17-10-18(12-23)14-24(13-17,15-23)27-22(28)26-21-8-6-20(25)7-9-21/h2-9,17-18H,10-15H2,1H3,(H2,26,27,28). The lowest BCUT2D eigenvalue weighted by Crippen LogP contribution is -2.64. The van der Waals surface area contributed by atoms with E-state index in [0.717, 1.165) is 36.8 Å². The number of anilines is 1. The van der Waals surface area contributed by atoms with Gasteiger partial charge in [0.25, 0.3) is 0 Å². The molecule has 4 aliphatic carbocycles. The molecule has 2 atom stereocenters. The zero-order chi connectivity index (χ0) is 19.4. The minimum atomic E-state index is -0.0941. The summed E-state index contributed by atoms with van der Waals surface area (Å²) in [7, 11) is 0. The predicted molar refractivity (Wildman–Crippen MR) is 114 cm³/mol. The maximum atomic E-state index is 12.8. The van der Waals surface area contributed by atoms with Gasteiger partial charge < -0.3 is 10.6 Å². The number of carbonyl (C=O) groups is 1. The third-order valence-electron chi connectivity index (χ3n) is 7.21. The van der Waals surface area contributed by atoms with Crippen LogP contribution in [0.3, 0.4) is 0 Å². The van der Waals surface area contributed by atoms with Crippen molar-refractivity contribution in [2.75, 3.05) is 5.32 Å². The lowest BCUT2D eigenvalue weighted by molar-refractivity contribution is -0.0343. The van der Waals surface area contributed by atoms with Gasteiger partial charge >= 0.3 is 6.03 Å². The van der Waals surface area contributed by atoms with E-state index in [1.165, 1.54) is 30.4 Å². The van der Waals surface area contributed by atoms with E-state index in [1.54, 1.807) is 12.1 Å². The van der Waals surface area contributed by atoms with E-state index in [9.17, 15) is 4.79 Å². The average Bonchev–Trinajstić information content (AvgIpc) is 2.62. The first-order chi connectivity index (χ1) is 13.4. The fourth-order valence-electron chi connectivity index (χ4n) is 6.59. The minimum Gasteiger partial charge on any atom is -0.332 e. The second-order valence-electron chi connectivity index (χ2n) is 9.47. The summed E-state index contributed by atoms with van der Waals surface area (Å²) in [5.74, 6) is 1.44. The highest BCUT2D eigenvalue weighted by Crippen LogP contribution is 2.62. The first-order valence-electron chi connectivity index (χ1n) is 10.4. The van der Waals surface area contributed by atoms with E-state index in [4.69, 9.17) is 11.6 Å². The molecule has 2 amide bonds. The van der Waals surface area contributed by atoms with Gasteiger partial charge in [-0.05, 0) is 92.5 Å². The molecule has 146 valence electrons. The third-order valence-corrected chi connectivity index (χ3v) is 7.46. The van der Waals surface area contributed by atoms with Crippen molar-refractivity contribution in [1.82, 2.24) is 5.32 Å². The number of carbonyl (C=O) groups excluding carboxylic acids is 1. The Kier molecular flexibility index (Phi) is 4.20. The van der Waals surface area contributed by atoms with Crippen LogP contribution >= 0.6 is 11.6 Å². The molecule has 4 aliphatic rings. The summed E-state index contributed by atoms with van der Waals surface area (Å²) in [6.07, 6.45) is 7.17. The van der Waals surface area contributed by atoms with Crippen LogP contribution in [0, 0.1) is 18.8 Å². The molecule has 4 heteroatoms. The second kappa shape index (κ2) is 6.52. The Morgan fingerprint density at radius 1 is 0.964 bits per heavy atom. The largest absolute Gasteiger partial charge is 0.332 e. The van der Waals surface area contributed by atoms with Crippen LogP contribution in [0.15, 0.2) is 48.5 Å². The molecular weight excluding hydrogens is 368 g/mol. The van der Waals surface area contributed by atoms with Crippen LogP contribution in [0.25, 0.3) is 0 Å². The minimum absolute atomic E-state index is 0.0779. The van der Waals surface area contributed by atoms with E-state index < -0.39 is 0 Å². The number of aryl methyl sites for hydroxylation is 1. The van der Waals surface area contributed by atoms with Crippen molar-refractivity contribution < 1.29 is 4.79 Å². The van der Waals surface area contributed by atoms with Crippen LogP contribution in [0.5, 0.6) is 0 Å². The lowest BCUT2D eigenvalue weighted by atomic mass is 9.45. The maximum absolute atomic E-state index is 12.8. The Labute approximate surface area is 171 Å². The number of halogens is 1. The van der Waals surface area contributed by atoms with Gasteiger partial charge in [0.05, 0.1) is 0 Å². The normalized spacial score (nSPS) is 32.9. The van der Waals surface area contributed by atoms with Gasteiger partial charge in [-0.3, -0.25) is 0 Å². The van der Waals surface area contributed by atoms with Gasteiger partial charge in [0.2, 0.25) is 0 Å². The van der Waals surface area contributed by atoms with Crippen molar-refractivity contribution in [2.45, 2.75) is 56.4 Å². The average molecular weight is 395 g/mol. The Balaban J connectivity index is 1.38. The fraction of sp³-hybridized carbons (Fsp3) is 0.458. The highest BCUT2D eigenvalue weighted by atomic mass is 35.5. The molecule has 2 aromatic rings. The molecule has 0 heterocycles. The molecule has 4 fully saturated rings. The molecule has 0 radical (unpaired) electrons. The molecule has 0 aromatic heterocycles. The predicted octanol–water partition coefficient (Wildman–Crippen LogP) is 6.06.